The standard InChI is InChI=1S/C26H22N2O5S/c1-16-3-10-20(11-4-16)27-26-28-24(29)23(34-26)14-18-7-12-21(22(13-18)32-2)33-15-17-5-8-19(9-6-17)25(30)31/h3-14H,15H2,1-2H3,(H,30,31)(H,27,28,29). The summed E-state index contributed by atoms with van der Waals surface area (Å²) >= 11 is 1.28. The second-order valence-electron chi connectivity index (χ2n) is 7.52. The van der Waals surface area contributed by atoms with Crippen LogP contribution in [-0.2, 0) is 11.4 Å². The van der Waals surface area contributed by atoms with Crippen molar-refractivity contribution in [3.63, 3.8) is 0 Å². The van der Waals surface area contributed by atoms with Crippen molar-refractivity contribution in [2.24, 2.45) is 4.99 Å². The van der Waals surface area contributed by atoms with E-state index in [-0.39, 0.29) is 18.1 Å². The molecule has 7 nitrogen and oxygen atoms in total. The van der Waals surface area contributed by atoms with E-state index in [2.05, 4.69) is 10.3 Å². The molecule has 0 saturated carbocycles. The SMILES string of the molecule is COc1cc(C=C2SC(=Nc3ccc(C)cc3)NC2=O)ccc1OCc1ccc(C(=O)O)cc1. The molecule has 1 aliphatic heterocycles. The summed E-state index contributed by atoms with van der Waals surface area (Å²) < 4.78 is 11.3. The molecule has 34 heavy (non-hydrogen) atoms. The number of hydrogen-bond acceptors (Lipinski definition) is 6. The van der Waals surface area contributed by atoms with Crippen LogP contribution < -0.4 is 14.8 Å². The van der Waals surface area contributed by atoms with Crippen LogP contribution in [0.1, 0.15) is 27.0 Å². The molecule has 172 valence electrons. The van der Waals surface area contributed by atoms with E-state index in [1.807, 2.05) is 37.3 Å². The number of hydrogen-bond donors (Lipinski definition) is 2. The van der Waals surface area contributed by atoms with Crippen LogP contribution in [0.2, 0.25) is 0 Å². The number of rotatable bonds is 7. The van der Waals surface area contributed by atoms with Crippen molar-refractivity contribution in [3.8, 4) is 11.5 Å². The van der Waals surface area contributed by atoms with Crippen molar-refractivity contribution in [2.75, 3.05) is 7.11 Å². The average Bonchev–Trinajstić information content (AvgIpc) is 3.18. The van der Waals surface area contributed by atoms with E-state index in [1.165, 1.54) is 23.9 Å². The van der Waals surface area contributed by atoms with E-state index in [1.54, 1.807) is 37.5 Å². The number of aryl methyl sites for hydroxylation is 1. The number of aromatic carboxylic acids is 1. The number of nitrogens with zero attached hydrogens (tertiary/aromatic N) is 1. The maximum atomic E-state index is 12.4. The zero-order valence-electron chi connectivity index (χ0n) is 18.6. The highest BCUT2D eigenvalue weighted by molar-refractivity contribution is 8.18. The Morgan fingerprint density at radius 2 is 1.79 bits per heavy atom. The Labute approximate surface area is 201 Å². The summed E-state index contributed by atoms with van der Waals surface area (Å²) in [5.74, 6) is -0.118. The summed E-state index contributed by atoms with van der Waals surface area (Å²) in [5.41, 5.74) is 3.75. The lowest BCUT2D eigenvalue weighted by Crippen LogP contribution is -2.19. The summed E-state index contributed by atoms with van der Waals surface area (Å²) in [6.45, 7) is 2.26. The molecule has 1 aliphatic rings. The number of benzene rings is 3. The average molecular weight is 475 g/mol. The van der Waals surface area contributed by atoms with Crippen LogP contribution in [-0.4, -0.2) is 29.3 Å². The molecule has 3 aromatic carbocycles. The lowest BCUT2D eigenvalue weighted by atomic mass is 10.1. The third-order valence-electron chi connectivity index (χ3n) is 5.00. The van der Waals surface area contributed by atoms with Gasteiger partial charge in [-0.25, -0.2) is 9.79 Å². The Balaban J connectivity index is 1.46. The molecule has 0 radical (unpaired) electrons. The van der Waals surface area contributed by atoms with E-state index in [4.69, 9.17) is 14.6 Å². The Morgan fingerprint density at radius 3 is 2.47 bits per heavy atom. The number of ether oxygens (including phenoxy) is 2. The fourth-order valence-electron chi connectivity index (χ4n) is 3.17. The Kier molecular flexibility index (Phi) is 6.98. The first-order chi connectivity index (χ1) is 16.4. The lowest BCUT2D eigenvalue weighted by Gasteiger charge is -2.11. The maximum Gasteiger partial charge on any atom is 0.335 e. The maximum absolute atomic E-state index is 12.4. The van der Waals surface area contributed by atoms with Crippen LogP contribution >= 0.6 is 11.8 Å². The van der Waals surface area contributed by atoms with Gasteiger partial charge in [0.15, 0.2) is 16.7 Å². The van der Waals surface area contributed by atoms with Crippen molar-refractivity contribution < 1.29 is 24.2 Å². The molecule has 0 bridgehead atoms. The van der Waals surface area contributed by atoms with E-state index in [9.17, 15) is 9.59 Å². The molecule has 0 atom stereocenters. The highest BCUT2D eigenvalue weighted by Gasteiger charge is 2.24. The summed E-state index contributed by atoms with van der Waals surface area (Å²) in [4.78, 5) is 28.4. The van der Waals surface area contributed by atoms with Crippen LogP contribution in [0.4, 0.5) is 5.69 Å². The van der Waals surface area contributed by atoms with Gasteiger partial charge >= 0.3 is 5.97 Å². The summed E-state index contributed by atoms with van der Waals surface area (Å²) in [6, 6.07) is 19.6. The molecule has 4 rings (SSSR count). The van der Waals surface area contributed by atoms with Crippen molar-refractivity contribution in [1.29, 1.82) is 0 Å². The van der Waals surface area contributed by atoms with Crippen molar-refractivity contribution in [1.82, 2.24) is 5.32 Å². The minimum atomic E-state index is -0.971. The molecule has 8 heteroatoms. The third kappa shape index (κ3) is 5.65. The summed E-state index contributed by atoms with van der Waals surface area (Å²) in [7, 11) is 1.55. The fourth-order valence-corrected chi connectivity index (χ4v) is 4.01. The molecule has 0 unspecified atom stereocenters. The van der Waals surface area contributed by atoms with Gasteiger partial charge in [-0.1, -0.05) is 35.9 Å². The van der Waals surface area contributed by atoms with Gasteiger partial charge in [0.2, 0.25) is 0 Å². The van der Waals surface area contributed by atoms with Crippen LogP contribution in [0, 0.1) is 6.92 Å². The number of carboxylic acids is 1. The highest BCUT2D eigenvalue weighted by atomic mass is 32.2. The number of nitrogens with one attached hydrogen (secondary N) is 1. The summed E-state index contributed by atoms with van der Waals surface area (Å²) in [6.07, 6.45) is 1.77. The number of carbonyl (C=O) groups is 2. The second-order valence-corrected chi connectivity index (χ2v) is 8.55. The van der Waals surface area contributed by atoms with Gasteiger partial charge in [0.05, 0.1) is 23.3 Å². The first-order valence-corrected chi connectivity index (χ1v) is 11.2. The van der Waals surface area contributed by atoms with Crippen LogP contribution in [0.15, 0.2) is 76.6 Å². The van der Waals surface area contributed by atoms with E-state index >= 15 is 0 Å². The van der Waals surface area contributed by atoms with Crippen molar-refractivity contribution in [3.05, 3.63) is 93.9 Å². The second kappa shape index (κ2) is 10.3. The molecular weight excluding hydrogens is 452 g/mol. The quantitative estimate of drug-likeness (QED) is 0.459. The fraction of sp³-hybridized carbons (Fsp3) is 0.115. The van der Waals surface area contributed by atoms with Gasteiger partial charge in [0.25, 0.3) is 5.91 Å². The molecule has 2 N–H and O–H groups in total. The lowest BCUT2D eigenvalue weighted by molar-refractivity contribution is -0.115. The van der Waals surface area contributed by atoms with E-state index < -0.39 is 5.97 Å². The first kappa shape index (κ1) is 23.1. The van der Waals surface area contributed by atoms with Gasteiger partial charge in [0.1, 0.15) is 6.61 Å². The molecule has 1 fully saturated rings. The predicted octanol–water partition coefficient (Wildman–Crippen LogP) is 5.17. The van der Waals surface area contributed by atoms with Crippen LogP contribution in [0.5, 0.6) is 11.5 Å². The zero-order valence-corrected chi connectivity index (χ0v) is 19.4. The number of amidine groups is 1. The normalized spacial score (nSPS) is 15.4. The molecule has 1 heterocycles. The van der Waals surface area contributed by atoms with Gasteiger partial charge in [-0.15, -0.1) is 0 Å². The monoisotopic (exact) mass is 474 g/mol. The molecule has 3 aromatic rings. The van der Waals surface area contributed by atoms with Gasteiger partial charge < -0.3 is 19.9 Å². The minimum absolute atomic E-state index is 0.208. The zero-order chi connectivity index (χ0) is 24.1. The van der Waals surface area contributed by atoms with Gasteiger partial charge in [-0.2, -0.15) is 0 Å². The van der Waals surface area contributed by atoms with Crippen LogP contribution in [0.25, 0.3) is 6.08 Å². The number of methoxy groups -OCH3 is 1. The first-order valence-electron chi connectivity index (χ1n) is 10.4. The number of carboxylic acid groups (broad SMARTS) is 1. The topological polar surface area (TPSA) is 97.2 Å². The molecule has 0 spiro atoms. The van der Waals surface area contributed by atoms with Crippen molar-refractivity contribution >= 4 is 40.6 Å². The summed E-state index contributed by atoms with van der Waals surface area (Å²) in [5, 5.41) is 12.3. The number of thioether (sulfide) groups is 1. The Morgan fingerprint density at radius 1 is 1.06 bits per heavy atom. The Hall–Kier alpha value is -4.04. The molecular formula is C26H22N2O5S. The predicted molar refractivity (Wildman–Crippen MR) is 133 cm³/mol. The molecule has 0 aromatic heterocycles. The molecule has 1 amide bonds. The van der Waals surface area contributed by atoms with E-state index in [0.717, 1.165) is 22.4 Å². The van der Waals surface area contributed by atoms with Crippen LogP contribution in [0.3, 0.4) is 0 Å². The highest BCUT2D eigenvalue weighted by Crippen LogP contribution is 2.32. The Bertz CT molecular complexity index is 1280. The van der Waals surface area contributed by atoms with Gasteiger partial charge in [-0.05, 0) is 72.3 Å². The van der Waals surface area contributed by atoms with Gasteiger partial charge in [-0.3, -0.25) is 4.79 Å². The minimum Gasteiger partial charge on any atom is -0.493 e. The van der Waals surface area contributed by atoms with Gasteiger partial charge in [0, 0.05) is 0 Å². The molecule has 1 saturated heterocycles. The van der Waals surface area contributed by atoms with E-state index in [0.29, 0.717) is 21.6 Å². The third-order valence-corrected chi connectivity index (χ3v) is 5.91. The number of aliphatic imine (C=N–C) groups is 1. The molecule has 0 aliphatic carbocycles. The number of carbonyl (C=O) groups excluding carboxylic acids is 1. The largest absolute Gasteiger partial charge is 0.493 e. The van der Waals surface area contributed by atoms with Crippen molar-refractivity contribution in [2.45, 2.75) is 13.5 Å². The smallest absolute Gasteiger partial charge is 0.335 e. The number of amides is 1.